The zero-order valence-electron chi connectivity index (χ0n) is 10.1. The molecule has 1 aromatic rings. The SMILES string of the molecule is COc1cc(C#N)cc(Cl)c1OCC(C)(C)N. The number of nitriles is 1. The first-order chi connectivity index (χ1) is 7.87. The minimum absolute atomic E-state index is 0.301. The molecule has 4 nitrogen and oxygen atoms in total. The molecule has 0 amide bonds. The third-order valence-electron chi connectivity index (χ3n) is 1.95. The summed E-state index contributed by atoms with van der Waals surface area (Å²) in [5.74, 6) is 0.838. The Bertz CT molecular complexity index is 447. The van der Waals surface area contributed by atoms with E-state index in [4.69, 9.17) is 32.1 Å². The van der Waals surface area contributed by atoms with E-state index in [0.29, 0.717) is 28.7 Å². The van der Waals surface area contributed by atoms with Crippen LogP contribution in [0, 0.1) is 11.3 Å². The summed E-state index contributed by atoms with van der Waals surface area (Å²) in [5.41, 5.74) is 5.77. The molecule has 92 valence electrons. The van der Waals surface area contributed by atoms with Gasteiger partial charge in [0.05, 0.1) is 23.8 Å². The van der Waals surface area contributed by atoms with Crippen molar-refractivity contribution < 1.29 is 9.47 Å². The van der Waals surface area contributed by atoms with Crippen LogP contribution in [0.15, 0.2) is 12.1 Å². The Morgan fingerprint density at radius 2 is 2.12 bits per heavy atom. The topological polar surface area (TPSA) is 68.3 Å². The number of nitrogens with two attached hydrogens (primary N) is 1. The fraction of sp³-hybridized carbons (Fsp3) is 0.417. The van der Waals surface area contributed by atoms with Gasteiger partial charge in [0.25, 0.3) is 0 Å². The summed E-state index contributed by atoms with van der Waals surface area (Å²) in [4.78, 5) is 0. The summed E-state index contributed by atoms with van der Waals surface area (Å²) in [7, 11) is 1.49. The molecule has 1 rings (SSSR count). The average molecular weight is 255 g/mol. The van der Waals surface area contributed by atoms with Crippen LogP contribution in [-0.4, -0.2) is 19.3 Å². The van der Waals surface area contributed by atoms with Crippen molar-refractivity contribution in [2.24, 2.45) is 5.73 Å². The van der Waals surface area contributed by atoms with Gasteiger partial charge in [-0.25, -0.2) is 0 Å². The van der Waals surface area contributed by atoms with E-state index in [1.54, 1.807) is 6.07 Å². The summed E-state index contributed by atoms with van der Waals surface area (Å²) >= 11 is 6.02. The number of nitrogens with zero attached hydrogens (tertiary/aromatic N) is 1. The number of hydrogen-bond donors (Lipinski definition) is 1. The lowest BCUT2D eigenvalue weighted by atomic mass is 10.1. The molecule has 0 aliphatic rings. The first kappa shape index (κ1) is 13.6. The van der Waals surface area contributed by atoms with E-state index < -0.39 is 5.54 Å². The predicted octanol–water partition coefficient (Wildman–Crippen LogP) is 2.34. The number of benzene rings is 1. The molecule has 0 fully saturated rings. The Morgan fingerprint density at radius 3 is 2.59 bits per heavy atom. The van der Waals surface area contributed by atoms with E-state index in [-0.39, 0.29) is 0 Å². The Morgan fingerprint density at radius 1 is 1.47 bits per heavy atom. The van der Waals surface area contributed by atoms with Crippen molar-refractivity contribution in [3.8, 4) is 17.6 Å². The van der Waals surface area contributed by atoms with Crippen LogP contribution in [0.3, 0.4) is 0 Å². The van der Waals surface area contributed by atoms with Crippen LogP contribution in [0.5, 0.6) is 11.5 Å². The first-order valence-corrected chi connectivity index (χ1v) is 5.44. The van der Waals surface area contributed by atoms with Gasteiger partial charge in [0.1, 0.15) is 6.61 Å². The van der Waals surface area contributed by atoms with Crippen molar-refractivity contribution in [1.82, 2.24) is 0 Å². The smallest absolute Gasteiger partial charge is 0.179 e. The molecule has 0 aliphatic carbocycles. The lowest BCUT2D eigenvalue weighted by Gasteiger charge is -2.20. The van der Waals surface area contributed by atoms with Crippen molar-refractivity contribution in [2.75, 3.05) is 13.7 Å². The highest BCUT2D eigenvalue weighted by atomic mass is 35.5. The molecule has 0 aliphatic heterocycles. The van der Waals surface area contributed by atoms with Gasteiger partial charge in [-0.3, -0.25) is 0 Å². The molecule has 0 atom stereocenters. The largest absolute Gasteiger partial charge is 0.493 e. The van der Waals surface area contributed by atoms with Gasteiger partial charge in [-0.2, -0.15) is 5.26 Å². The van der Waals surface area contributed by atoms with E-state index in [0.717, 1.165) is 0 Å². The van der Waals surface area contributed by atoms with Gasteiger partial charge in [-0.1, -0.05) is 11.6 Å². The third kappa shape index (κ3) is 3.81. The van der Waals surface area contributed by atoms with Crippen LogP contribution < -0.4 is 15.2 Å². The predicted molar refractivity (Wildman–Crippen MR) is 66.5 cm³/mol. The van der Waals surface area contributed by atoms with E-state index in [1.807, 2.05) is 19.9 Å². The van der Waals surface area contributed by atoms with Crippen molar-refractivity contribution in [3.05, 3.63) is 22.7 Å². The lowest BCUT2D eigenvalue weighted by molar-refractivity contribution is 0.233. The highest BCUT2D eigenvalue weighted by Crippen LogP contribution is 2.36. The lowest BCUT2D eigenvalue weighted by Crippen LogP contribution is -2.38. The van der Waals surface area contributed by atoms with Gasteiger partial charge < -0.3 is 15.2 Å². The highest BCUT2D eigenvalue weighted by molar-refractivity contribution is 6.32. The number of methoxy groups -OCH3 is 1. The molecular formula is C12H15ClN2O2. The molecule has 5 heteroatoms. The molecule has 0 aromatic heterocycles. The first-order valence-electron chi connectivity index (χ1n) is 5.06. The quantitative estimate of drug-likeness (QED) is 0.895. The molecule has 0 radical (unpaired) electrons. The molecule has 0 bridgehead atoms. The number of ether oxygens (including phenoxy) is 2. The van der Waals surface area contributed by atoms with Crippen LogP contribution >= 0.6 is 11.6 Å². The summed E-state index contributed by atoms with van der Waals surface area (Å²) in [6.45, 7) is 3.99. The highest BCUT2D eigenvalue weighted by Gasteiger charge is 2.16. The van der Waals surface area contributed by atoms with E-state index in [2.05, 4.69) is 0 Å². The summed E-state index contributed by atoms with van der Waals surface area (Å²) in [5, 5.41) is 9.15. The maximum absolute atomic E-state index is 8.81. The number of rotatable bonds is 4. The molecule has 1 aromatic carbocycles. The minimum Gasteiger partial charge on any atom is -0.493 e. The fourth-order valence-electron chi connectivity index (χ4n) is 1.18. The Balaban J connectivity index is 3.03. The van der Waals surface area contributed by atoms with Gasteiger partial charge in [0, 0.05) is 11.6 Å². The third-order valence-corrected chi connectivity index (χ3v) is 2.23. The molecule has 0 unspecified atom stereocenters. The van der Waals surface area contributed by atoms with Gasteiger partial charge >= 0.3 is 0 Å². The van der Waals surface area contributed by atoms with Crippen LogP contribution in [0.2, 0.25) is 5.02 Å². The van der Waals surface area contributed by atoms with E-state index in [1.165, 1.54) is 13.2 Å². The normalized spacial score (nSPS) is 10.8. The van der Waals surface area contributed by atoms with Crippen LogP contribution in [0.25, 0.3) is 0 Å². The van der Waals surface area contributed by atoms with E-state index >= 15 is 0 Å². The van der Waals surface area contributed by atoms with Crippen molar-refractivity contribution in [1.29, 1.82) is 5.26 Å². The van der Waals surface area contributed by atoms with Gasteiger partial charge in [0.15, 0.2) is 11.5 Å². The summed E-state index contributed by atoms with van der Waals surface area (Å²) in [6.07, 6.45) is 0. The number of halogens is 1. The van der Waals surface area contributed by atoms with Crippen LogP contribution in [0.4, 0.5) is 0 Å². The fourth-order valence-corrected chi connectivity index (χ4v) is 1.45. The van der Waals surface area contributed by atoms with Gasteiger partial charge in [-0.05, 0) is 19.9 Å². The Hall–Kier alpha value is -1.44. The summed E-state index contributed by atoms with van der Waals surface area (Å²) < 4.78 is 10.7. The van der Waals surface area contributed by atoms with Gasteiger partial charge in [0.2, 0.25) is 0 Å². The summed E-state index contributed by atoms with van der Waals surface area (Å²) in [6, 6.07) is 5.10. The standard InChI is InChI=1S/C12H15ClN2O2/c1-12(2,15)7-17-11-9(13)4-8(6-14)5-10(11)16-3/h4-5H,7,15H2,1-3H3. The molecular weight excluding hydrogens is 240 g/mol. The monoisotopic (exact) mass is 254 g/mol. The molecule has 0 spiro atoms. The Labute approximate surface area is 106 Å². The average Bonchev–Trinajstić information content (AvgIpc) is 2.25. The molecule has 0 saturated heterocycles. The molecule has 17 heavy (non-hydrogen) atoms. The molecule has 0 heterocycles. The molecule has 2 N–H and O–H groups in total. The van der Waals surface area contributed by atoms with E-state index in [9.17, 15) is 0 Å². The second-order valence-corrected chi connectivity index (χ2v) is 4.79. The second kappa shape index (κ2) is 5.26. The Kier molecular flexibility index (Phi) is 4.22. The van der Waals surface area contributed by atoms with Crippen molar-refractivity contribution in [3.63, 3.8) is 0 Å². The zero-order valence-corrected chi connectivity index (χ0v) is 10.8. The zero-order chi connectivity index (χ0) is 13.1. The van der Waals surface area contributed by atoms with Crippen LogP contribution in [0.1, 0.15) is 19.4 Å². The van der Waals surface area contributed by atoms with Gasteiger partial charge in [-0.15, -0.1) is 0 Å². The minimum atomic E-state index is -0.470. The van der Waals surface area contributed by atoms with Crippen molar-refractivity contribution >= 4 is 11.6 Å². The molecule has 0 saturated carbocycles. The number of hydrogen-bond acceptors (Lipinski definition) is 4. The van der Waals surface area contributed by atoms with Crippen molar-refractivity contribution in [2.45, 2.75) is 19.4 Å². The maximum atomic E-state index is 8.81. The van der Waals surface area contributed by atoms with Crippen LogP contribution in [-0.2, 0) is 0 Å². The second-order valence-electron chi connectivity index (χ2n) is 4.38. The maximum Gasteiger partial charge on any atom is 0.179 e.